The van der Waals surface area contributed by atoms with Crippen molar-refractivity contribution in [3.05, 3.63) is 100 Å². The number of anilines is 1. The zero-order valence-corrected chi connectivity index (χ0v) is 20.0. The van der Waals surface area contributed by atoms with Gasteiger partial charge in [0.05, 0.1) is 13.0 Å². The van der Waals surface area contributed by atoms with Crippen LogP contribution in [-0.4, -0.2) is 12.6 Å². The number of methoxy groups -OCH3 is 1. The van der Waals surface area contributed by atoms with Crippen LogP contribution in [0.15, 0.2) is 78.2 Å². The molecule has 2 aliphatic rings. The van der Waals surface area contributed by atoms with Gasteiger partial charge >= 0.3 is 0 Å². The standard InChI is InChI=1S/C29H29N3O2/c1-28(2)17-29(3,19-8-6-5-7-9-19)23-14-21-25(15-24(23)32-28)34-27(31)22(16-30)26(21)18-10-12-20(33-4)13-11-18/h5-15,26,32H,17,31H2,1-4H3. The molecule has 172 valence electrons. The summed E-state index contributed by atoms with van der Waals surface area (Å²) in [6.07, 6.45) is 0.924. The highest BCUT2D eigenvalue weighted by atomic mass is 16.5. The molecule has 0 spiro atoms. The Labute approximate surface area is 200 Å². The first-order valence-corrected chi connectivity index (χ1v) is 11.5. The van der Waals surface area contributed by atoms with E-state index in [0.29, 0.717) is 11.3 Å². The molecule has 0 saturated heterocycles. The predicted molar refractivity (Wildman–Crippen MR) is 134 cm³/mol. The minimum absolute atomic E-state index is 0.116. The van der Waals surface area contributed by atoms with Gasteiger partial charge in [-0.1, -0.05) is 49.4 Å². The topological polar surface area (TPSA) is 80.3 Å². The van der Waals surface area contributed by atoms with E-state index in [0.717, 1.165) is 29.0 Å². The van der Waals surface area contributed by atoms with E-state index in [-0.39, 0.29) is 22.8 Å². The molecule has 5 nitrogen and oxygen atoms in total. The van der Waals surface area contributed by atoms with Crippen LogP contribution in [0.1, 0.15) is 55.4 Å². The summed E-state index contributed by atoms with van der Waals surface area (Å²) in [5.74, 6) is 1.27. The van der Waals surface area contributed by atoms with Crippen LogP contribution < -0.4 is 20.5 Å². The summed E-state index contributed by atoms with van der Waals surface area (Å²) in [7, 11) is 1.64. The molecule has 0 aromatic heterocycles. The molecule has 0 fully saturated rings. The molecule has 0 saturated carbocycles. The SMILES string of the molecule is COc1ccc(C2C(C#N)=C(N)Oc3cc4c(cc32)C(C)(c2ccccc2)CC(C)(C)N4)cc1. The van der Waals surface area contributed by atoms with Crippen molar-refractivity contribution < 1.29 is 9.47 Å². The van der Waals surface area contributed by atoms with Crippen molar-refractivity contribution in [2.75, 3.05) is 12.4 Å². The van der Waals surface area contributed by atoms with E-state index < -0.39 is 0 Å². The number of fused-ring (bicyclic) bond motifs is 2. The third-order valence-corrected chi connectivity index (χ3v) is 7.08. The fraction of sp³-hybridized carbons (Fsp3) is 0.276. The molecule has 3 aromatic carbocycles. The molecule has 0 amide bonds. The highest BCUT2D eigenvalue weighted by Crippen LogP contribution is 2.52. The Bertz CT molecular complexity index is 1320. The Morgan fingerprint density at radius 2 is 1.76 bits per heavy atom. The first-order chi connectivity index (χ1) is 16.3. The van der Waals surface area contributed by atoms with Gasteiger partial charge in [0.15, 0.2) is 0 Å². The summed E-state index contributed by atoms with van der Waals surface area (Å²) in [5, 5.41) is 13.7. The van der Waals surface area contributed by atoms with Gasteiger partial charge in [0.2, 0.25) is 5.88 Å². The monoisotopic (exact) mass is 451 g/mol. The summed E-state index contributed by atoms with van der Waals surface area (Å²) in [4.78, 5) is 0. The third kappa shape index (κ3) is 3.47. The molecule has 2 unspecified atom stereocenters. The molecule has 0 bridgehead atoms. The molecule has 3 aromatic rings. The van der Waals surface area contributed by atoms with Gasteiger partial charge < -0.3 is 20.5 Å². The van der Waals surface area contributed by atoms with Crippen molar-refractivity contribution in [2.45, 2.75) is 44.1 Å². The average Bonchev–Trinajstić information content (AvgIpc) is 2.82. The second-order valence-corrected chi connectivity index (χ2v) is 10.0. The number of hydrogen-bond donors (Lipinski definition) is 2. The Morgan fingerprint density at radius 3 is 2.41 bits per heavy atom. The molecule has 2 aliphatic heterocycles. The molecule has 5 heteroatoms. The van der Waals surface area contributed by atoms with Crippen LogP contribution in [0.3, 0.4) is 0 Å². The lowest BCUT2D eigenvalue weighted by atomic mass is 9.65. The predicted octanol–water partition coefficient (Wildman–Crippen LogP) is 5.81. The summed E-state index contributed by atoms with van der Waals surface area (Å²) in [5.41, 5.74) is 11.7. The normalized spacial score (nSPS) is 22.5. The van der Waals surface area contributed by atoms with Gasteiger partial charge in [-0.15, -0.1) is 0 Å². The number of nitriles is 1. The minimum Gasteiger partial charge on any atom is -0.497 e. The lowest BCUT2D eigenvalue weighted by Gasteiger charge is -2.46. The van der Waals surface area contributed by atoms with Gasteiger partial charge in [0.25, 0.3) is 0 Å². The molecule has 3 N–H and O–H groups in total. The molecule has 0 aliphatic carbocycles. The molecule has 34 heavy (non-hydrogen) atoms. The van der Waals surface area contributed by atoms with Crippen molar-refractivity contribution in [3.8, 4) is 17.6 Å². The van der Waals surface area contributed by atoms with Gasteiger partial charge in [-0.05, 0) is 55.2 Å². The summed E-state index contributed by atoms with van der Waals surface area (Å²) >= 11 is 0. The largest absolute Gasteiger partial charge is 0.497 e. The third-order valence-electron chi connectivity index (χ3n) is 7.08. The maximum absolute atomic E-state index is 10.0. The van der Waals surface area contributed by atoms with Crippen molar-refractivity contribution >= 4 is 5.69 Å². The van der Waals surface area contributed by atoms with Crippen LogP contribution in [0, 0.1) is 11.3 Å². The van der Waals surface area contributed by atoms with E-state index in [9.17, 15) is 5.26 Å². The van der Waals surface area contributed by atoms with Gasteiger partial charge in [-0.2, -0.15) is 5.26 Å². The average molecular weight is 452 g/mol. The lowest BCUT2D eigenvalue weighted by Crippen LogP contribution is -2.45. The molecular weight excluding hydrogens is 422 g/mol. The summed E-state index contributed by atoms with van der Waals surface area (Å²) in [6, 6.07) is 25.0. The molecule has 2 heterocycles. The van der Waals surface area contributed by atoms with E-state index in [4.69, 9.17) is 15.2 Å². The van der Waals surface area contributed by atoms with E-state index in [1.54, 1.807) is 7.11 Å². The summed E-state index contributed by atoms with van der Waals surface area (Å²) < 4.78 is 11.3. The number of ether oxygens (including phenoxy) is 2. The quantitative estimate of drug-likeness (QED) is 0.525. The van der Waals surface area contributed by atoms with Crippen LogP contribution in [0.4, 0.5) is 5.69 Å². The van der Waals surface area contributed by atoms with E-state index >= 15 is 0 Å². The van der Waals surface area contributed by atoms with Crippen LogP contribution in [-0.2, 0) is 5.41 Å². The molecule has 0 radical (unpaired) electrons. The number of nitrogens with two attached hydrogens (primary N) is 1. The Balaban J connectivity index is 1.74. The fourth-order valence-corrected chi connectivity index (χ4v) is 5.66. The van der Waals surface area contributed by atoms with Gasteiger partial charge in [0, 0.05) is 28.3 Å². The van der Waals surface area contributed by atoms with E-state index in [1.807, 2.05) is 36.4 Å². The van der Waals surface area contributed by atoms with Gasteiger partial charge in [-0.25, -0.2) is 0 Å². The number of nitrogens with zero attached hydrogens (tertiary/aromatic N) is 1. The van der Waals surface area contributed by atoms with E-state index in [1.165, 1.54) is 11.1 Å². The first-order valence-electron chi connectivity index (χ1n) is 11.5. The first kappa shape index (κ1) is 21.9. The number of hydrogen-bond acceptors (Lipinski definition) is 5. The second kappa shape index (κ2) is 7.85. The van der Waals surface area contributed by atoms with Crippen LogP contribution in [0.5, 0.6) is 11.5 Å². The fourth-order valence-electron chi connectivity index (χ4n) is 5.66. The lowest BCUT2D eigenvalue weighted by molar-refractivity contribution is 0.371. The Morgan fingerprint density at radius 1 is 1.06 bits per heavy atom. The molecule has 2 atom stereocenters. The van der Waals surface area contributed by atoms with E-state index in [2.05, 4.69) is 62.5 Å². The minimum atomic E-state index is -0.320. The Kier molecular flexibility index (Phi) is 5.06. The molecular formula is C29H29N3O2. The van der Waals surface area contributed by atoms with Crippen LogP contribution >= 0.6 is 0 Å². The van der Waals surface area contributed by atoms with Gasteiger partial charge in [0.1, 0.15) is 23.1 Å². The Hall–Kier alpha value is -3.91. The zero-order chi connectivity index (χ0) is 24.1. The highest BCUT2D eigenvalue weighted by molar-refractivity contribution is 5.69. The maximum atomic E-state index is 10.0. The van der Waals surface area contributed by atoms with Crippen LogP contribution in [0.2, 0.25) is 0 Å². The van der Waals surface area contributed by atoms with Gasteiger partial charge in [-0.3, -0.25) is 0 Å². The van der Waals surface area contributed by atoms with Crippen molar-refractivity contribution in [1.82, 2.24) is 0 Å². The molecule has 5 rings (SSSR count). The maximum Gasteiger partial charge on any atom is 0.205 e. The number of benzene rings is 3. The zero-order valence-electron chi connectivity index (χ0n) is 20.0. The second-order valence-electron chi connectivity index (χ2n) is 10.0. The van der Waals surface area contributed by atoms with Crippen molar-refractivity contribution in [3.63, 3.8) is 0 Å². The smallest absolute Gasteiger partial charge is 0.205 e. The van der Waals surface area contributed by atoms with Crippen LogP contribution in [0.25, 0.3) is 0 Å². The summed E-state index contributed by atoms with van der Waals surface area (Å²) in [6.45, 7) is 6.75. The highest BCUT2D eigenvalue weighted by Gasteiger charge is 2.43. The number of allylic oxidation sites excluding steroid dienone is 1. The number of nitrogens with one attached hydrogen (secondary N) is 1. The van der Waals surface area contributed by atoms with Crippen molar-refractivity contribution in [2.24, 2.45) is 5.73 Å². The number of rotatable bonds is 3. The van der Waals surface area contributed by atoms with Crippen molar-refractivity contribution in [1.29, 1.82) is 5.26 Å².